The third-order valence-corrected chi connectivity index (χ3v) is 9.36. The zero-order valence-corrected chi connectivity index (χ0v) is 27.1. The van der Waals surface area contributed by atoms with Gasteiger partial charge in [0.2, 0.25) is 5.91 Å². The molecule has 2 N–H and O–H groups in total. The van der Waals surface area contributed by atoms with Crippen LogP contribution in [-0.2, 0) is 28.6 Å². The number of fused-ring (bicyclic) bond motifs is 6. The molecular formula is C37H33F6N3O4. The molecule has 0 spiro atoms. The van der Waals surface area contributed by atoms with E-state index in [0.717, 1.165) is 29.0 Å². The molecular weight excluding hydrogens is 664 g/mol. The number of carbonyl (C=O) groups is 2. The van der Waals surface area contributed by atoms with Crippen molar-refractivity contribution in [2.75, 3.05) is 19.6 Å². The van der Waals surface area contributed by atoms with Crippen molar-refractivity contribution in [3.05, 3.63) is 127 Å². The molecule has 1 aromatic heterocycles. The number of benzene rings is 3. The van der Waals surface area contributed by atoms with E-state index in [2.05, 4.69) is 5.32 Å². The summed E-state index contributed by atoms with van der Waals surface area (Å²) in [7, 11) is 0. The van der Waals surface area contributed by atoms with Gasteiger partial charge in [-0.15, -0.1) is 0 Å². The number of hydrogen-bond acceptors (Lipinski definition) is 4. The molecule has 1 fully saturated rings. The molecule has 2 atom stereocenters. The molecule has 0 aliphatic carbocycles. The van der Waals surface area contributed by atoms with Crippen LogP contribution in [0, 0.1) is 25.5 Å². The maximum Gasteiger partial charge on any atom is 0.416 e. The molecule has 6 rings (SSSR count). The lowest BCUT2D eigenvalue weighted by atomic mass is 9.88. The molecule has 4 bridgehead atoms. The number of alkyl halides is 4. The average Bonchev–Trinajstić information content (AvgIpc) is 3.02. The molecule has 0 saturated carbocycles. The minimum Gasteiger partial charge on any atom is -0.481 e. The number of carbonyl (C=O) groups excluding carboxylic acids is 1. The second kappa shape index (κ2) is 13.4. The van der Waals surface area contributed by atoms with Crippen molar-refractivity contribution in [1.82, 2.24) is 14.8 Å². The third-order valence-electron chi connectivity index (χ3n) is 9.36. The minimum absolute atomic E-state index is 0.0247. The highest BCUT2D eigenvalue weighted by atomic mass is 19.4. The Morgan fingerprint density at radius 3 is 2.40 bits per heavy atom. The molecule has 4 aromatic rings. The monoisotopic (exact) mass is 697 g/mol. The van der Waals surface area contributed by atoms with Gasteiger partial charge in [-0.25, -0.2) is 13.2 Å². The zero-order valence-electron chi connectivity index (χ0n) is 27.1. The fraction of sp³-hybridized carbons (Fsp3) is 0.324. The minimum atomic E-state index is -4.96. The topological polar surface area (TPSA) is 91.6 Å². The molecule has 0 radical (unpaired) electrons. The third kappa shape index (κ3) is 6.91. The number of rotatable bonds is 6. The number of nitrogens with zero attached hydrogens (tertiary/aromatic N) is 2. The van der Waals surface area contributed by atoms with Crippen LogP contribution in [0.5, 0.6) is 0 Å². The number of halogens is 6. The van der Waals surface area contributed by atoms with Crippen LogP contribution in [0.1, 0.15) is 63.0 Å². The Bertz CT molecular complexity index is 2050. The van der Waals surface area contributed by atoms with Gasteiger partial charge < -0.3 is 10.4 Å². The first kappa shape index (κ1) is 34.9. The molecule has 50 heavy (non-hydrogen) atoms. The van der Waals surface area contributed by atoms with E-state index in [0.29, 0.717) is 21.8 Å². The Morgan fingerprint density at radius 2 is 1.72 bits per heavy atom. The van der Waals surface area contributed by atoms with E-state index in [9.17, 15) is 37.1 Å². The quantitative estimate of drug-likeness (QED) is 0.226. The number of pyridine rings is 1. The van der Waals surface area contributed by atoms with E-state index in [1.165, 1.54) is 25.1 Å². The summed E-state index contributed by atoms with van der Waals surface area (Å²) in [6, 6.07) is 9.36. The number of nitrogens with one attached hydrogen (secondary N) is 1. The maximum absolute atomic E-state index is 15.9. The number of aromatic nitrogens is 1. The smallest absolute Gasteiger partial charge is 0.416 e. The van der Waals surface area contributed by atoms with E-state index in [-0.39, 0.29) is 54.7 Å². The number of aliphatic carboxylic acids is 1. The molecule has 13 heteroatoms. The van der Waals surface area contributed by atoms with Crippen LogP contribution >= 0.6 is 0 Å². The molecule has 1 amide bonds. The summed E-state index contributed by atoms with van der Waals surface area (Å²) in [5.74, 6) is -4.28. The lowest BCUT2D eigenvalue weighted by Gasteiger charge is -2.34. The summed E-state index contributed by atoms with van der Waals surface area (Å²) in [5.41, 5.74) is 0.0825. The van der Waals surface area contributed by atoms with E-state index in [4.69, 9.17) is 0 Å². The summed E-state index contributed by atoms with van der Waals surface area (Å²) < 4.78 is 88.4. The lowest BCUT2D eigenvalue weighted by molar-refractivity contribution is -0.139. The van der Waals surface area contributed by atoms with Crippen molar-refractivity contribution in [2.45, 2.75) is 57.5 Å². The highest BCUT2D eigenvalue weighted by Crippen LogP contribution is 2.37. The fourth-order valence-electron chi connectivity index (χ4n) is 6.92. The molecule has 1 saturated heterocycles. The summed E-state index contributed by atoms with van der Waals surface area (Å²) in [4.78, 5) is 41.5. The molecule has 262 valence electrons. The van der Waals surface area contributed by atoms with Crippen LogP contribution in [0.3, 0.4) is 0 Å². The normalized spacial score (nSPS) is 18.3. The van der Waals surface area contributed by atoms with Crippen LogP contribution in [0.4, 0.5) is 26.3 Å². The van der Waals surface area contributed by atoms with E-state index in [1.807, 2.05) is 25.1 Å². The maximum atomic E-state index is 15.9. The second-order valence-corrected chi connectivity index (χ2v) is 13.0. The van der Waals surface area contributed by atoms with Crippen molar-refractivity contribution >= 4 is 11.9 Å². The van der Waals surface area contributed by atoms with E-state index >= 15 is 8.78 Å². The molecule has 3 heterocycles. The summed E-state index contributed by atoms with van der Waals surface area (Å²) in [6.45, 7) is 3.45. The van der Waals surface area contributed by atoms with Crippen molar-refractivity contribution in [3.8, 4) is 11.1 Å². The number of amides is 1. The lowest BCUT2D eigenvalue weighted by Crippen LogP contribution is -2.49. The van der Waals surface area contributed by atoms with Gasteiger partial charge in [-0.3, -0.25) is 23.9 Å². The van der Waals surface area contributed by atoms with Crippen molar-refractivity contribution in [2.24, 2.45) is 0 Å². The second-order valence-electron chi connectivity index (χ2n) is 13.0. The van der Waals surface area contributed by atoms with Gasteiger partial charge in [0, 0.05) is 43.0 Å². The highest BCUT2D eigenvalue weighted by molar-refractivity contribution is 5.85. The van der Waals surface area contributed by atoms with E-state index < -0.39 is 65.5 Å². The molecule has 0 unspecified atom stereocenters. The number of carboxylic acid groups (broad SMARTS) is 1. The Morgan fingerprint density at radius 1 is 0.980 bits per heavy atom. The van der Waals surface area contributed by atoms with Gasteiger partial charge in [0.05, 0.1) is 18.0 Å². The van der Waals surface area contributed by atoms with Gasteiger partial charge in [-0.1, -0.05) is 24.3 Å². The van der Waals surface area contributed by atoms with Crippen LogP contribution in [0.2, 0.25) is 0 Å². The summed E-state index contributed by atoms with van der Waals surface area (Å²) in [5, 5.41) is 12.3. The predicted octanol–water partition coefficient (Wildman–Crippen LogP) is 6.45. The molecule has 3 aromatic carbocycles. The summed E-state index contributed by atoms with van der Waals surface area (Å²) in [6.07, 6.45) is -6.09. The number of aryl methyl sites for hydroxylation is 2. The van der Waals surface area contributed by atoms with Crippen LogP contribution in [0.15, 0.2) is 65.6 Å². The zero-order chi connectivity index (χ0) is 36.1. The molecule has 2 aliphatic heterocycles. The summed E-state index contributed by atoms with van der Waals surface area (Å²) >= 11 is 0. The predicted molar refractivity (Wildman–Crippen MR) is 173 cm³/mol. The van der Waals surface area contributed by atoms with Crippen molar-refractivity contribution < 1.29 is 41.0 Å². The first-order valence-corrected chi connectivity index (χ1v) is 16.0. The van der Waals surface area contributed by atoms with Gasteiger partial charge >= 0.3 is 12.1 Å². The Kier molecular flexibility index (Phi) is 9.38. The van der Waals surface area contributed by atoms with Gasteiger partial charge in [0.15, 0.2) is 0 Å². The Labute approximate surface area is 283 Å². The number of carboxylic acids is 1. The van der Waals surface area contributed by atoms with E-state index in [1.54, 1.807) is 11.0 Å². The van der Waals surface area contributed by atoms with Gasteiger partial charge in [-0.2, -0.15) is 13.2 Å². The Balaban J connectivity index is 1.58. The standard InChI is InChI=1S/C37H33F6N3O4/c1-19-4-3-5-22-11-21-6-7-29(39)26(12-21)35(36(50)44-30(15-32(48)49)27-13-24(33(19)22)10-20(2)34(27)40)46-16-23(8-9-45-17-25(38)18-45)28(14-31(46)47)37(41,42)43/h3-7,10,12-14,16,25,30,35H,8-9,11,15,17-18H2,1-2H3,(H,44,50)(H,48,49)/t30-,35-/m0/s1. The van der Waals surface area contributed by atoms with Crippen LogP contribution in [-0.4, -0.2) is 52.3 Å². The number of hydrogen-bond donors (Lipinski definition) is 2. The molecule has 7 nitrogen and oxygen atoms in total. The van der Waals surface area contributed by atoms with Gasteiger partial charge in [-0.05, 0) is 89.9 Å². The average molecular weight is 698 g/mol. The van der Waals surface area contributed by atoms with Gasteiger partial charge in [0.1, 0.15) is 23.8 Å². The van der Waals surface area contributed by atoms with Crippen LogP contribution < -0.4 is 10.9 Å². The van der Waals surface area contributed by atoms with Gasteiger partial charge in [0.25, 0.3) is 5.56 Å². The first-order valence-electron chi connectivity index (χ1n) is 16.0. The number of likely N-dealkylation sites (tertiary alicyclic amines) is 1. The fourth-order valence-corrected chi connectivity index (χ4v) is 6.92. The Hall–Kier alpha value is -4.91. The van der Waals surface area contributed by atoms with Crippen LogP contribution in [0.25, 0.3) is 11.1 Å². The highest BCUT2D eigenvalue weighted by Gasteiger charge is 2.37. The first-order chi connectivity index (χ1) is 23.6. The SMILES string of the molecule is Cc1cc2cc(c1F)[C@H](CC(=O)O)NC(=O)[C@@H](n1cc(CCN3CC(F)C3)c(C(F)(F)F)cc1=O)c1cc(ccc1F)Cc1cccc(C)c1-2. The molecule has 2 aliphatic rings. The van der Waals surface area contributed by atoms with Crippen molar-refractivity contribution in [3.63, 3.8) is 0 Å². The largest absolute Gasteiger partial charge is 0.481 e. The van der Waals surface area contributed by atoms with Crippen molar-refractivity contribution in [1.29, 1.82) is 0 Å².